The molecule has 0 aliphatic heterocycles. The second kappa shape index (κ2) is 4.56. The van der Waals surface area contributed by atoms with E-state index in [2.05, 4.69) is 70.5 Å². The second-order valence-electron chi connectivity index (χ2n) is 5.32. The van der Waals surface area contributed by atoms with Crippen LogP contribution in [0.1, 0.15) is 27.9 Å². The maximum atomic E-state index is 2.31. The van der Waals surface area contributed by atoms with E-state index < -0.39 is 0 Å². The molecule has 0 spiro atoms. The lowest BCUT2D eigenvalue weighted by Crippen LogP contribution is -2.36. The van der Waals surface area contributed by atoms with Crippen LogP contribution in [0.15, 0.2) is 24.3 Å². The van der Waals surface area contributed by atoms with Gasteiger partial charge in [-0.1, -0.05) is 17.7 Å². The van der Waals surface area contributed by atoms with Crippen molar-refractivity contribution in [1.82, 2.24) is 0 Å². The van der Waals surface area contributed by atoms with E-state index in [1.54, 1.807) is 0 Å². The molecule has 0 atom stereocenters. The Morgan fingerprint density at radius 2 is 1.44 bits per heavy atom. The lowest BCUT2D eigenvalue weighted by atomic mass is 9.97. The first-order chi connectivity index (χ1) is 8.41. The molecule has 0 bridgehead atoms. The Hall–Kier alpha value is -1.63. The molecule has 0 saturated heterocycles. The van der Waals surface area contributed by atoms with Crippen molar-refractivity contribution >= 4 is 0 Å². The van der Waals surface area contributed by atoms with Crippen LogP contribution in [-0.2, 0) is 7.05 Å². The number of benzene rings is 1. The van der Waals surface area contributed by atoms with Gasteiger partial charge in [-0.05, 0) is 45.4 Å². The van der Waals surface area contributed by atoms with Gasteiger partial charge in [-0.3, -0.25) is 0 Å². The Balaban J connectivity index is 2.79. The smallest absolute Gasteiger partial charge is 0.198 e. The maximum absolute atomic E-state index is 2.31. The van der Waals surface area contributed by atoms with E-state index in [1.165, 1.54) is 39.2 Å². The predicted octanol–water partition coefficient (Wildman–Crippen LogP) is 3.72. The number of hydrogen-bond donors (Lipinski definition) is 0. The van der Waals surface area contributed by atoms with E-state index in [1.807, 2.05) is 0 Å². The van der Waals surface area contributed by atoms with Crippen molar-refractivity contribution in [2.75, 3.05) is 0 Å². The van der Waals surface area contributed by atoms with Crippen molar-refractivity contribution in [3.05, 3.63) is 52.2 Å². The molecule has 1 heterocycles. The summed E-state index contributed by atoms with van der Waals surface area (Å²) in [5.41, 5.74) is 9.35. The Labute approximate surface area is 110 Å². The van der Waals surface area contributed by atoms with E-state index in [0.29, 0.717) is 0 Å². The number of nitrogens with zero attached hydrogens (tertiary/aromatic N) is 1. The molecule has 0 saturated carbocycles. The Morgan fingerprint density at radius 3 is 2.11 bits per heavy atom. The molecule has 0 radical (unpaired) electrons. The van der Waals surface area contributed by atoms with E-state index >= 15 is 0 Å². The van der Waals surface area contributed by atoms with Gasteiger partial charge in [0.15, 0.2) is 5.69 Å². The molecule has 0 amide bonds. The zero-order valence-electron chi connectivity index (χ0n) is 12.3. The van der Waals surface area contributed by atoms with Crippen molar-refractivity contribution in [2.24, 2.45) is 7.05 Å². The van der Waals surface area contributed by atoms with E-state index in [4.69, 9.17) is 0 Å². The highest BCUT2D eigenvalue weighted by Gasteiger charge is 2.19. The summed E-state index contributed by atoms with van der Waals surface area (Å²) in [6.07, 6.45) is 0. The largest absolute Gasteiger partial charge is 0.215 e. The van der Waals surface area contributed by atoms with Gasteiger partial charge < -0.3 is 0 Å². The molecule has 94 valence electrons. The van der Waals surface area contributed by atoms with Crippen LogP contribution in [-0.4, -0.2) is 0 Å². The molecule has 1 aromatic heterocycles. The highest BCUT2D eigenvalue weighted by atomic mass is 14.9. The van der Waals surface area contributed by atoms with Crippen LogP contribution in [0, 0.1) is 34.6 Å². The summed E-state index contributed by atoms with van der Waals surface area (Å²) in [7, 11) is 2.16. The Bertz CT molecular complexity index is 609. The van der Waals surface area contributed by atoms with Gasteiger partial charge in [0.1, 0.15) is 7.05 Å². The standard InChI is InChI=1S/C17H22N/c1-11-7-8-12(2)16(9-11)17-14(4)10-13(3)15(5)18(17)6/h7-10H,1-6H3/q+1. The highest BCUT2D eigenvalue weighted by molar-refractivity contribution is 5.65. The first-order valence-corrected chi connectivity index (χ1v) is 6.46. The van der Waals surface area contributed by atoms with Crippen molar-refractivity contribution in [3.63, 3.8) is 0 Å². The van der Waals surface area contributed by atoms with E-state index in [0.717, 1.165) is 0 Å². The number of rotatable bonds is 1. The summed E-state index contributed by atoms with van der Waals surface area (Å²) in [6, 6.07) is 8.95. The molecule has 18 heavy (non-hydrogen) atoms. The molecule has 1 nitrogen and oxygen atoms in total. The molecule has 2 rings (SSSR count). The molecule has 1 heteroatoms. The number of aryl methyl sites for hydroxylation is 4. The molecule has 2 aromatic rings. The van der Waals surface area contributed by atoms with Gasteiger partial charge in [-0.15, -0.1) is 0 Å². The van der Waals surface area contributed by atoms with Crippen LogP contribution in [0.25, 0.3) is 11.3 Å². The zero-order valence-corrected chi connectivity index (χ0v) is 12.3. The third kappa shape index (κ3) is 2.05. The number of aromatic nitrogens is 1. The van der Waals surface area contributed by atoms with Gasteiger partial charge in [0.05, 0.1) is 0 Å². The number of hydrogen-bond acceptors (Lipinski definition) is 0. The van der Waals surface area contributed by atoms with Crippen LogP contribution in [0.2, 0.25) is 0 Å². The monoisotopic (exact) mass is 240 g/mol. The van der Waals surface area contributed by atoms with Crippen LogP contribution in [0.4, 0.5) is 0 Å². The summed E-state index contributed by atoms with van der Waals surface area (Å²) in [5, 5.41) is 0. The normalized spacial score (nSPS) is 10.8. The highest BCUT2D eigenvalue weighted by Crippen LogP contribution is 2.25. The first-order valence-electron chi connectivity index (χ1n) is 6.46. The lowest BCUT2D eigenvalue weighted by Gasteiger charge is -2.11. The summed E-state index contributed by atoms with van der Waals surface area (Å²) < 4.78 is 2.31. The van der Waals surface area contributed by atoms with Gasteiger partial charge in [-0.2, -0.15) is 4.57 Å². The zero-order chi connectivity index (χ0) is 13.4. The Kier molecular flexibility index (Phi) is 3.25. The quantitative estimate of drug-likeness (QED) is 0.669. The fourth-order valence-electron chi connectivity index (χ4n) is 2.58. The first kappa shape index (κ1) is 12.8. The van der Waals surface area contributed by atoms with Crippen LogP contribution >= 0.6 is 0 Å². The summed E-state index contributed by atoms with van der Waals surface area (Å²) in [4.78, 5) is 0. The van der Waals surface area contributed by atoms with Crippen molar-refractivity contribution in [3.8, 4) is 11.3 Å². The van der Waals surface area contributed by atoms with Gasteiger partial charge in [-0.25, -0.2) is 0 Å². The summed E-state index contributed by atoms with van der Waals surface area (Å²) in [6.45, 7) is 10.9. The molecular formula is C17H22N+. The minimum Gasteiger partial charge on any atom is -0.198 e. The van der Waals surface area contributed by atoms with Gasteiger partial charge in [0.2, 0.25) is 5.69 Å². The maximum Gasteiger partial charge on any atom is 0.215 e. The van der Waals surface area contributed by atoms with Gasteiger partial charge in [0, 0.05) is 23.6 Å². The topological polar surface area (TPSA) is 3.88 Å². The van der Waals surface area contributed by atoms with Crippen molar-refractivity contribution in [2.45, 2.75) is 34.6 Å². The molecule has 0 N–H and O–H groups in total. The molecule has 1 aromatic carbocycles. The third-order valence-corrected chi connectivity index (χ3v) is 3.86. The van der Waals surface area contributed by atoms with E-state index in [9.17, 15) is 0 Å². The van der Waals surface area contributed by atoms with E-state index in [-0.39, 0.29) is 0 Å². The molecular weight excluding hydrogens is 218 g/mol. The van der Waals surface area contributed by atoms with Crippen LogP contribution in [0.5, 0.6) is 0 Å². The summed E-state index contributed by atoms with van der Waals surface area (Å²) >= 11 is 0. The van der Waals surface area contributed by atoms with Crippen molar-refractivity contribution in [1.29, 1.82) is 0 Å². The second-order valence-corrected chi connectivity index (χ2v) is 5.32. The van der Waals surface area contributed by atoms with Gasteiger partial charge >= 0.3 is 0 Å². The molecule has 0 aliphatic rings. The third-order valence-electron chi connectivity index (χ3n) is 3.86. The van der Waals surface area contributed by atoms with Gasteiger partial charge in [0.25, 0.3) is 0 Å². The number of pyridine rings is 1. The Morgan fingerprint density at radius 1 is 0.778 bits per heavy atom. The molecule has 0 aliphatic carbocycles. The van der Waals surface area contributed by atoms with Crippen LogP contribution < -0.4 is 4.57 Å². The summed E-state index contributed by atoms with van der Waals surface area (Å²) in [5.74, 6) is 0. The SMILES string of the molecule is Cc1ccc(C)c(-c2c(C)cc(C)c(C)[n+]2C)c1. The minimum absolute atomic E-state index is 1.31. The fraction of sp³-hybridized carbons (Fsp3) is 0.353. The molecule has 0 unspecified atom stereocenters. The average Bonchev–Trinajstić information content (AvgIpc) is 2.31. The predicted molar refractivity (Wildman–Crippen MR) is 76.7 cm³/mol. The fourth-order valence-corrected chi connectivity index (χ4v) is 2.58. The molecule has 0 fully saturated rings. The van der Waals surface area contributed by atoms with Crippen LogP contribution in [0.3, 0.4) is 0 Å². The minimum atomic E-state index is 1.31. The lowest BCUT2D eigenvalue weighted by molar-refractivity contribution is -0.667. The van der Waals surface area contributed by atoms with Crippen molar-refractivity contribution < 1.29 is 4.57 Å². The average molecular weight is 240 g/mol.